The summed E-state index contributed by atoms with van der Waals surface area (Å²) in [5.41, 5.74) is 13.3. The van der Waals surface area contributed by atoms with Gasteiger partial charge in [-0.1, -0.05) is 127 Å². The first-order valence-corrected chi connectivity index (χ1v) is 20.9. The summed E-state index contributed by atoms with van der Waals surface area (Å²) >= 11 is 1.85. The van der Waals surface area contributed by atoms with Crippen molar-refractivity contribution in [3.05, 3.63) is 241 Å². The molecule has 3 nitrogen and oxygen atoms in total. The molecule has 2 heterocycles. The van der Waals surface area contributed by atoms with Gasteiger partial charge in [0.1, 0.15) is 11.5 Å². The molecule has 0 amide bonds. The lowest BCUT2D eigenvalue weighted by molar-refractivity contribution is 0.436. The van der Waals surface area contributed by atoms with Crippen LogP contribution in [0.1, 0.15) is 22.3 Å². The van der Waals surface area contributed by atoms with E-state index in [1.54, 1.807) is 0 Å². The number of rotatable bonds is 6. The Hall–Kier alpha value is -7.40. The van der Waals surface area contributed by atoms with Gasteiger partial charge in [0, 0.05) is 65.4 Å². The van der Waals surface area contributed by atoms with Crippen molar-refractivity contribution in [2.45, 2.75) is 5.41 Å². The van der Waals surface area contributed by atoms with Crippen molar-refractivity contribution in [1.82, 2.24) is 0 Å². The summed E-state index contributed by atoms with van der Waals surface area (Å²) in [6, 6.07) is 79.0. The normalized spacial score (nSPS) is 13.0. The van der Waals surface area contributed by atoms with Crippen LogP contribution in [0.2, 0.25) is 0 Å². The van der Waals surface area contributed by atoms with Crippen LogP contribution in [0.5, 0.6) is 11.5 Å². The first-order chi connectivity index (χ1) is 29.3. The van der Waals surface area contributed by atoms with Crippen LogP contribution in [0.4, 0.5) is 34.1 Å². The van der Waals surface area contributed by atoms with Crippen molar-refractivity contribution >= 4 is 65.6 Å². The third-order valence-electron chi connectivity index (χ3n) is 12.1. The molecule has 0 saturated carbocycles. The Bertz CT molecular complexity index is 3120. The highest BCUT2D eigenvalue weighted by Gasteiger charge is 2.51. The first kappa shape index (κ1) is 33.7. The van der Waals surface area contributed by atoms with E-state index in [9.17, 15) is 0 Å². The van der Waals surface area contributed by atoms with Crippen LogP contribution in [-0.4, -0.2) is 0 Å². The molecule has 1 spiro atoms. The Morgan fingerprint density at radius 2 is 0.780 bits per heavy atom. The molecule has 0 radical (unpaired) electrons. The minimum atomic E-state index is -0.565. The molecule has 9 aromatic carbocycles. The summed E-state index contributed by atoms with van der Waals surface area (Å²) in [6.07, 6.45) is 0. The van der Waals surface area contributed by atoms with Gasteiger partial charge in [-0.3, -0.25) is 0 Å². The number of hydrogen-bond donors (Lipinski definition) is 0. The fourth-order valence-corrected chi connectivity index (χ4v) is 10.8. The Morgan fingerprint density at radius 1 is 0.322 bits per heavy atom. The van der Waals surface area contributed by atoms with Gasteiger partial charge in [0.05, 0.1) is 5.41 Å². The third-order valence-corrected chi connectivity index (χ3v) is 13.2. The van der Waals surface area contributed by atoms with E-state index in [1.807, 2.05) is 11.3 Å². The van der Waals surface area contributed by atoms with E-state index in [2.05, 4.69) is 228 Å². The quantitative estimate of drug-likeness (QED) is 0.167. The van der Waals surface area contributed by atoms with E-state index in [4.69, 9.17) is 4.74 Å². The van der Waals surface area contributed by atoms with Crippen LogP contribution in [0, 0.1) is 0 Å². The zero-order valence-electron chi connectivity index (χ0n) is 32.0. The summed E-state index contributed by atoms with van der Waals surface area (Å²) in [6.45, 7) is 0. The number of anilines is 6. The van der Waals surface area contributed by atoms with Crippen molar-refractivity contribution in [1.29, 1.82) is 0 Å². The van der Waals surface area contributed by atoms with Gasteiger partial charge >= 0.3 is 0 Å². The second-order valence-corrected chi connectivity index (χ2v) is 16.3. The number of ether oxygens (including phenoxy) is 1. The van der Waals surface area contributed by atoms with E-state index >= 15 is 0 Å². The maximum absolute atomic E-state index is 6.84. The highest BCUT2D eigenvalue weighted by Crippen LogP contribution is 2.62. The average molecular weight is 773 g/mol. The molecule has 12 rings (SSSR count). The fraction of sp³-hybridized carbons (Fsp3) is 0.0182. The molecule has 4 heteroatoms. The van der Waals surface area contributed by atoms with Crippen LogP contribution in [0.3, 0.4) is 0 Å². The van der Waals surface area contributed by atoms with Crippen LogP contribution in [0.25, 0.3) is 31.3 Å². The molecule has 2 aliphatic rings. The molecule has 0 unspecified atom stereocenters. The largest absolute Gasteiger partial charge is 0.457 e. The van der Waals surface area contributed by atoms with E-state index in [0.29, 0.717) is 0 Å². The number of fused-ring (bicyclic) bond motifs is 12. The maximum Gasteiger partial charge on any atom is 0.132 e. The molecule has 1 aliphatic carbocycles. The Labute approximate surface area is 347 Å². The predicted molar refractivity (Wildman–Crippen MR) is 246 cm³/mol. The summed E-state index contributed by atoms with van der Waals surface area (Å²) in [7, 11) is 0. The molecule has 0 bridgehead atoms. The van der Waals surface area contributed by atoms with Gasteiger partial charge in [-0.15, -0.1) is 11.3 Å². The molecule has 0 fully saturated rings. The van der Waals surface area contributed by atoms with Crippen molar-refractivity contribution in [3.63, 3.8) is 0 Å². The van der Waals surface area contributed by atoms with Gasteiger partial charge in [-0.05, 0) is 113 Å². The molecule has 1 aliphatic heterocycles. The molecule has 1 aromatic heterocycles. The van der Waals surface area contributed by atoms with Gasteiger partial charge in [-0.25, -0.2) is 0 Å². The molecule has 10 aromatic rings. The Kier molecular flexibility index (Phi) is 7.62. The third kappa shape index (κ3) is 5.13. The zero-order valence-corrected chi connectivity index (χ0v) is 32.8. The minimum Gasteiger partial charge on any atom is -0.457 e. The number of nitrogens with zero attached hydrogens (tertiary/aromatic N) is 2. The standard InChI is InChI=1S/C55H36N2OS/c1-3-15-37(16-4-1)56(38-17-5-2-6-18-38)39-27-29-40(30-28-39)57(42-31-33-46-45-21-9-14-26-53(45)59-54(46)36-42)41-32-34-52-50(35-41)55(49-24-12-13-25-51(49)58-52)47-22-10-7-19-43(47)44-20-8-11-23-48(44)55/h1-36H. The van der Waals surface area contributed by atoms with Crippen molar-refractivity contribution in [3.8, 4) is 22.6 Å². The Balaban J connectivity index is 1.08. The molecular weight excluding hydrogens is 737 g/mol. The van der Waals surface area contributed by atoms with Crippen molar-refractivity contribution in [2.24, 2.45) is 0 Å². The highest BCUT2D eigenvalue weighted by atomic mass is 32.1. The van der Waals surface area contributed by atoms with E-state index in [-0.39, 0.29) is 0 Å². The summed E-state index contributed by atoms with van der Waals surface area (Å²) in [5, 5.41) is 2.57. The monoisotopic (exact) mass is 772 g/mol. The van der Waals surface area contributed by atoms with Crippen LogP contribution >= 0.6 is 11.3 Å². The second kappa shape index (κ2) is 13.3. The lowest BCUT2D eigenvalue weighted by Crippen LogP contribution is -2.32. The van der Waals surface area contributed by atoms with Crippen LogP contribution in [-0.2, 0) is 5.41 Å². The lowest BCUT2D eigenvalue weighted by atomic mass is 9.66. The molecule has 0 N–H and O–H groups in total. The van der Waals surface area contributed by atoms with Gasteiger partial charge in [-0.2, -0.15) is 0 Å². The second-order valence-electron chi connectivity index (χ2n) is 15.3. The predicted octanol–water partition coefficient (Wildman–Crippen LogP) is 15.5. The Morgan fingerprint density at radius 3 is 1.46 bits per heavy atom. The zero-order chi connectivity index (χ0) is 38.9. The summed E-state index contributed by atoms with van der Waals surface area (Å²) in [4.78, 5) is 4.72. The van der Waals surface area contributed by atoms with Gasteiger partial charge in [0.2, 0.25) is 0 Å². The number of para-hydroxylation sites is 3. The number of benzene rings is 9. The van der Waals surface area contributed by atoms with Crippen molar-refractivity contribution < 1.29 is 4.74 Å². The SMILES string of the molecule is c1ccc(N(c2ccccc2)c2ccc(N(c3ccc4c(c3)C3(c5ccccc5O4)c4ccccc4-c4ccccc43)c3ccc4c(c3)sc3ccccc34)cc2)cc1. The van der Waals surface area contributed by atoms with Gasteiger partial charge < -0.3 is 14.5 Å². The van der Waals surface area contributed by atoms with Crippen LogP contribution < -0.4 is 14.5 Å². The highest BCUT2D eigenvalue weighted by molar-refractivity contribution is 7.25. The number of hydrogen-bond acceptors (Lipinski definition) is 4. The summed E-state index contributed by atoms with van der Waals surface area (Å²) in [5.74, 6) is 1.76. The number of thiophene rings is 1. The average Bonchev–Trinajstić information content (AvgIpc) is 3.82. The molecule has 0 saturated heterocycles. The molecule has 0 atom stereocenters. The smallest absolute Gasteiger partial charge is 0.132 e. The van der Waals surface area contributed by atoms with Crippen LogP contribution in [0.15, 0.2) is 218 Å². The molecule has 59 heavy (non-hydrogen) atoms. The molecule has 278 valence electrons. The fourth-order valence-electron chi connectivity index (χ4n) is 9.64. The van der Waals surface area contributed by atoms with E-state index < -0.39 is 5.41 Å². The lowest BCUT2D eigenvalue weighted by Gasteiger charge is -2.40. The van der Waals surface area contributed by atoms with Crippen molar-refractivity contribution in [2.75, 3.05) is 9.80 Å². The summed E-state index contributed by atoms with van der Waals surface area (Å²) < 4.78 is 9.39. The maximum atomic E-state index is 6.84. The minimum absolute atomic E-state index is 0.565. The first-order valence-electron chi connectivity index (χ1n) is 20.1. The van der Waals surface area contributed by atoms with E-state index in [0.717, 1.165) is 56.8 Å². The van der Waals surface area contributed by atoms with Gasteiger partial charge in [0.25, 0.3) is 0 Å². The topological polar surface area (TPSA) is 15.7 Å². The molecular formula is C55H36N2OS. The van der Waals surface area contributed by atoms with Gasteiger partial charge in [0.15, 0.2) is 0 Å². The van der Waals surface area contributed by atoms with E-state index in [1.165, 1.54) is 42.4 Å².